The zero-order valence-corrected chi connectivity index (χ0v) is 19.5. The Labute approximate surface area is 206 Å². The lowest BCUT2D eigenvalue weighted by Crippen LogP contribution is -2.37. The molecule has 0 spiro atoms. The Bertz CT molecular complexity index is 1250. The van der Waals surface area contributed by atoms with Crippen molar-refractivity contribution >= 4 is 46.4 Å². The second-order valence-corrected chi connectivity index (χ2v) is 8.71. The first-order valence-corrected chi connectivity index (χ1v) is 11.5. The van der Waals surface area contributed by atoms with E-state index in [1.807, 2.05) is 37.3 Å². The molecule has 0 aromatic heterocycles. The lowest BCUT2D eigenvalue weighted by atomic mass is 9.90. The molecule has 2 saturated heterocycles. The van der Waals surface area contributed by atoms with Gasteiger partial charge in [-0.2, -0.15) is 0 Å². The number of rotatable bonds is 5. The molecule has 2 heterocycles. The van der Waals surface area contributed by atoms with Crippen LogP contribution in [0.4, 0.5) is 11.4 Å². The first-order chi connectivity index (χ1) is 16.4. The van der Waals surface area contributed by atoms with E-state index < -0.39 is 29.9 Å². The second kappa shape index (κ2) is 8.83. The van der Waals surface area contributed by atoms with E-state index in [1.54, 1.807) is 35.4 Å². The summed E-state index contributed by atoms with van der Waals surface area (Å²) < 4.78 is 5.55. The van der Waals surface area contributed by atoms with E-state index in [0.717, 1.165) is 4.90 Å². The van der Waals surface area contributed by atoms with E-state index in [2.05, 4.69) is 0 Å². The number of carbonyl (C=O) groups excluding carboxylic acids is 2. The molecular weight excluding hydrogens is 479 g/mol. The second-order valence-electron chi connectivity index (χ2n) is 7.90. The first kappa shape index (κ1) is 22.5. The Hall–Kier alpha value is -3.26. The summed E-state index contributed by atoms with van der Waals surface area (Å²) in [6.07, 6.45) is -1.07. The van der Waals surface area contributed by atoms with Crippen LogP contribution in [0.1, 0.15) is 18.5 Å². The minimum atomic E-state index is -1.07. The molecule has 0 aliphatic carbocycles. The van der Waals surface area contributed by atoms with E-state index in [4.69, 9.17) is 32.8 Å². The summed E-state index contributed by atoms with van der Waals surface area (Å²) in [6, 6.07) is 18.2. The normalized spacial score (nSPS) is 21.8. The molecule has 0 bridgehead atoms. The van der Waals surface area contributed by atoms with Crippen LogP contribution < -0.4 is 14.7 Å². The van der Waals surface area contributed by atoms with Crippen molar-refractivity contribution < 1.29 is 24.3 Å². The number of ether oxygens (including phenoxy) is 1. The number of hydrogen-bond acceptors (Lipinski definition) is 6. The predicted molar refractivity (Wildman–Crippen MR) is 128 cm³/mol. The summed E-state index contributed by atoms with van der Waals surface area (Å²) in [5, 5.41) is 12.1. The van der Waals surface area contributed by atoms with Crippen LogP contribution in [0.2, 0.25) is 10.0 Å². The first-order valence-electron chi connectivity index (χ1n) is 10.7. The molecule has 2 aliphatic heterocycles. The molecule has 0 radical (unpaired) electrons. The molecule has 34 heavy (non-hydrogen) atoms. The van der Waals surface area contributed by atoms with Gasteiger partial charge >= 0.3 is 0 Å². The highest BCUT2D eigenvalue weighted by molar-refractivity contribution is 6.42. The number of fused-ring (bicyclic) bond motifs is 1. The van der Waals surface area contributed by atoms with E-state index >= 15 is 0 Å². The maximum absolute atomic E-state index is 13.7. The van der Waals surface area contributed by atoms with Crippen LogP contribution in [-0.4, -0.2) is 29.6 Å². The SMILES string of the molecule is CCOc1cc([C@H]2[C@H]3C(=O)N(c4c(Cl)cccc4Cl)C(=O)[C@H]3ON2c2ccccc2)ccc1O. The van der Waals surface area contributed by atoms with Gasteiger partial charge in [0.2, 0.25) is 5.91 Å². The van der Waals surface area contributed by atoms with Gasteiger partial charge in [-0.15, -0.1) is 0 Å². The van der Waals surface area contributed by atoms with Gasteiger partial charge in [0.1, 0.15) is 5.92 Å². The smallest absolute Gasteiger partial charge is 0.266 e. The van der Waals surface area contributed by atoms with Crippen molar-refractivity contribution in [3.63, 3.8) is 0 Å². The molecule has 2 fully saturated rings. The lowest BCUT2D eigenvalue weighted by Gasteiger charge is -2.29. The van der Waals surface area contributed by atoms with Gasteiger partial charge < -0.3 is 9.84 Å². The quantitative estimate of drug-likeness (QED) is 0.490. The third-order valence-corrected chi connectivity index (χ3v) is 6.52. The van der Waals surface area contributed by atoms with Crippen LogP contribution in [0.15, 0.2) is 66.7 Å². The average molecular weight is 499 g/mol. The molecule has 1 N–H and O–H groups in total. The highest BCUT2D eigenvalue weighted by Crippen LogP contribution is 2.50. The zero-order valence-electron chi connectivity index (χ0n) is 18.0. The number of hydroxylamine groups is 1. The fourth-order valence-corrected chi connectivity index (χ4v) is 5.03. The number of para-hydroxylation sites is 2. The van der Waals surface area contributed by atoms with Gasteiger partial charge in [-0.1, -0.05) is 53.5 Å². The Morgan fingerprint density at radius 1 is 0.971 bits per heavy atom. The van der Waals surface area contributed by atoms with Crippen LogP contribution in [0.25, 0.3) is 0 Å². The molecule has 3 aromatic carbocycles. The van der Waals surface area contributed by atoms with E-state index in [0.29, 0.717) is 17.9 Å². The van der Waals surface area contributed by atoms with Crippen molar-refractivity contribution in [1.29, 1.82) is 0 Å². The predicted octanol–water partition coefficient (Wildman–Crippen LogP) is 5.15. The third-order valence-electron chi connectivity index (χ3n) is 5.91. The Morgan fingerprint density at radius 3 is 2.35 bits per heavy atom. The number of amides is 2. The number of aromatic hydroxyl groups is 1. The molecule has 0 saturated carbocycles. The average Bonchev–Trinajstić information content (AvgIpc) is 3.33. The van der Waals surface area contributed by atoms with Gasteiger partial charge in [-0.25, -0.2) is 9.96 Å². The highest BCUT2D eigenvalue weighted by atomic mass is 35.5. The summed E-state index contributed by atoms with van der Waals surface area (Å²) in [4.78, 5) is 34.3. The molecule has 2 amide bonds. The monoisotopic (exact) mass is 498 g/mol. The molecule has 9 heteroatoms. The Balaban J connectivity index is 1.62. The van der Waals surface area contributed by atoms with Crippen LogP contribution in [0, 0.1) is 5.92 Å². The minimum Gasteiger partial charge on any atom is -0.504 e. The lowest BCUT2D eigenvalue weighted by molar-refractivity contribution is -0.126. The fraction of sp³-hybridized carbons (Fsp3) is 0.200. The highest BCUT2D eigenvalue weighted by Gasteiger charge is 2.60. The molecule has 7 nitrogen and oxygen atoms in total. The largest absolute Gasteiger partial charge is 0.504 e. The number of nitrogens with zero attached hydrogens (tertiary/aromatic N) is 2. The van der Waals surface area contributed by atoms with E-state index in [9.17, 15) is 14.7 Å². The molecular formula is C25H20Cl2N2O5. The molecule has 174 valence electrons. The van der Waals surface area contributed by atoms with Crippen molar-refractivity contribution in [2.45, 2.75) is 19.1 Å². The van der Waals surface area contributed by atoms with Gasteiger partial charge in [-0.3, -0.25) is 14.4 Å². The van der Waals surface area contributed by atoms with Gasteiger partial charge in [0.05, 0.1) is 34.1 Å². The fourth-order valence-electron chi connectivity index (χ4n) is 4.46. The molecule has 2 aliphatic rings. The van der Waals surface area contributed by atoms with Crippen LogP contribution in [0.3, 0.4) is 0 Å². The number of anilines is 2. The van der Waals surface area contributed by atoms with Crippen molar-refractivity contribution in [1.82, 2.24) is 0 Å². The van der Waals surface area contributed by atoms with Crippen LogP contribution in [0.5, 0.6) is 11.5 Å². The van der Waals surface area contributed by atoms with Gasteiger partial charge in [0.25, 0.3) is 5.91 Å². The summed E-state index contributed by atoms with van der Waals surface area (Å²) in [6.45, 7) is 2.16. The Morgan fingerprint density at radius 2 is 1.68 bits per heavy atom. The van der Waals surface area contributed by atoms with E-state index in [-0.39, 0.29) is 27.2 Å². The number of imide groups is 1. The topological polar surface area (TPSA) is 79.3 Å². The number of halogens is 2. The maximum Gasteiger partial charge on any atom is 0.266 e. The van der Waals surface area contributed by atoms with Gasteiger partial charge in [-0.05, 0) is 48.9 Å². The van der Waals surface area contributed by atoms with Crippen LogP contribution in [-0.2, 0) is 14.4 Å². The van der Waals surface area contributed by atoms with Gasteiger partial charge in [0, 0.05) is 0 Å². The molecule has 3 atom stereocenters. The molecule has 0 unspecified atom stereocenters. The standard InChI is InChI=1S/C25H20Cl2N2O5/c1-2-33-19-13-14(11-12-18(19)30)21-20-23(34-29(21)15-7-4-3-5-8-15)25(32)28(24(20)31)22-16(26)9-6-10-17(22)27/h3-13,20-21,23,30H,2H2,1H3/t20-,21+,23+/m1/s1. The molecule has 3 aromatic rings. The van der Waals surface area contributed by atoms with Crippen LogP contribution >= 0.6 is 23.2 Å². The summed E-state index contributed by atoms with van der Waals surface area (Å²) in [7, 11) is 0. The zero-order chi connectivity index (χ0) is 24.0. The maximum atomic E-state index is 13.7. The van der Waals surface area contributed by atoms with Gasteiger partial charge in [0.15, 0.2) is 17.6 Å². The summed E-state index contributed by atoms with van der Waals surface area (Å²) in [5.74, 6) is -1.64. The van der Waals surface area contributed by atoms with Crippen molar-refractivity contribution in [2.24, 2.45) is 5.92 Å². The summed E-state index contributed by atoms with van der Waals surface area (Å²) in [5.41, 5.74) is 1.46. The minimum absolute atomic E-state index is 0.0226. The number of phenols is 1. The van der Waals surface area contributed by atoms with E-state index in [1.165, 1.54) is 6.07 Å². The summed E-state index contributed by atoms with van der Waals surface area (Å²) >= 11 is 12.6. The van der Waals surface area contributed by atoms with Crippen molar-refractivity contribution in [2.75, 3.05) is 16.6 Å². The number of phenolic OH excluding ortho intramolecular Hbond substituents is 1. The number of hydrogen-bond donors (Lipinski definition) is 1. The molecule has 5 rings (SSSR count). The van der Waals surface area contributed by atoms with Crippen molar-refractivity contribution in [3.8, 4) is 11.5 Å². The third kappa shape index (κ3) is 3.57. The number of carbonyl (C=O) groups is 2. The van der Waals surface area contributed by atoms with Crippen molar-refractivity contribution in [3.05, 3.63) is 82.3 Å². The number of benzene rings is 3. The Kier molecular flexibility index (Phi) is 5.85.